The van der Waals surface area contributed by atoms with Crippen molar-refractivity contribution in [2.75, 3.05) is 4.72 Å². The van der Waals surface area contributed by atoms with Gasteiger partial charge in [0, 0.05) is 0 Å². The quantitative estimate of drug-likeness (QED) is 0.728. The molecule has 12 heteroatoms. The molecule has 21 heavy (non-hydrogen) atoms. The molecule has 1 aromatic carbocycles. The second kappa shape index (κ2) is 5.05. The fourth-order valence-corrected chi connectivity index (χ4v) is 2.92. The number of anilines is 1. The molecule has 0 radical (unpaired) electrons. The molecule has 0 saturated heterocycles. The standard InChI is InChI=1S/C9H8F2N4O4S2/c10-6-3-5(20(12,16)17)4-7(11)9(6)15-21(18,19)8-1-2-13-14-8/h1-4,15H,(H,13,14)(H2,12,16,17). The van der Waals surface area contributed by atoms with E-state index in [0.717, 1.165) is 12.3 Å². The number of nitrogens with one attached hydrogen (secondary N) is 2. The summed E-state index contributed by atoms with van der Waals surface area (Å²) >= 11 is 0. The molecule has 2 aromatic rings. The molecule has 0 unspecified atom stereocenters. The van der Waals surface area contributed by atoms with Gasteiger partial charge in [0.2, 0.25) is 10.0 Å². The van der Waals surface area contributed by atoms with Crippen LogP contribution in [0.4, 0.5) is 14.5 Å². The minimum atomic E-state index is -4.32. The average Bonchev–Trinajstić information content (AvgIpc) is 2.86. The highest BCUT2D eigenvalue weighted by molar-refractivity contribution is 7.92. The number of nitrogens with zero attached hydrogens (tertiary/aromatic N) is 1. The Balaban J connectivity index is 2.48. The summed E-state index contributed by atoms with van der Waals surface area (Å²) in [4.78, 5) is -0.818. The van der Waals surface area contributed by atoms with Crippen LogP contribution in [-0.2, 0) is 20.0 Å². The molecule has 1 aromatic heterocycles. The molecule has 0 bridgehead atoms. The Morgan fingerprint density at radius 2 is 1.71 bits per heavy atom. The Morgan fingerprint density at radius 1 is 1.14 bits per heavy atom. The SMILES string of the molecule is NS(=O)(=O)c1cc(F)c(NS(=O)(=O)c2ccn[nH]2)c(F)c1. The van der Waals surface area contributed by atoms with Crippen molar-refractivity contribution in [2.45, 2.75) is 9.92 Å². The number of rotatable bonds is 4. The third kappa shape index (κ3) is 3.17. The number of hydrogen-bond donors (Lipinski definition) is 3. The highest BCUT2D eigenvalue weighted by atomic mass is 32.2. The Labute approximate surface area is 118 Å². The number of nitrogens with two attached hydrogens (primary N) is 1. The molecule has 0 atom stereocenters. The summed E-state index contributed by atoms with van der Waals surface area (Å²) in [5.74, 6) is -2.86. The topological polar surface area (TPSA) is 135 Å². The van der Waals surface area contributed by atoms with E-state index >= 15 is 0 Å². The van der Waals surface area contributed by atoms with Crippen LogP contribution in [0.2, 0.25) is 0 Å². The molecule has 0 aliphatic heterocycles. The first kappa shape index (κ1) is 15.3. The lowest BCUT2D eigenvalue weighted by Crippen LogP contribution is -2.17. The van der Waals surface area contributed by atoms with E-state index in [1.807, 2.05) is 0 Å². The van der Waals surface area contributed by atoms with Crippen molar-refractivity contribution in [3.63, 3.8) is 0 Å². The van der Waals surface area contributed by atoms with Crippen LogP contribution in [-0.4, -0.2) is 27.0 Å². The average molecular weight is 338 g/mol. The van der Waals surface area contributed by atoms with E-state index < -0.39 is 47.3 Å². The molecule has 0 aliphatic carbocycles. The van der Waals surface area contributed by atoms with Gasteiger partial charge in [0.1, 0.15) is 5.69 Å². The van der Waals surface area contributed by atoms with E-state index in [2.05, 4.69) is 10.2 Å². The first-order chi connectivity index (χ1) is 9.61. The highest BCUT2D eigenvalue weighted by Crippen LogP contribution is 2.25. The smallest absolute Gasteiger partial charge is 0.273 e. The van der Waals surface area contributed by atoms with Gasteiger partial charge in [-0.25, -0.2) is 22.3 Å². The van der Waals surface area contributed by atoms with Crippen LogP contribution >= 0.6 is 0 Å². The van der Waals surface area contributed by atoms with Crippen molar-refractivity contribution in [1.29, 1.82) is 0 Å². The fourth-order valence-electron chi connectivity index (χ4n) is 1.39. The predicted octanol–water partition coefficient (Wildman–Crippen LogP) is 0.136. The van der Waals surface area contributed by atoms with Crippen LogP contribution in [0.5, 0.6) is 0 Å². The molecule has 8 nitrogen and oxygen atoms in total. The van der Waals surface area contributed by atoms with Crippen molar-refractivity contribution in [3.8, 4) is 0 Å². The van der Waals surface area contributed by atoms with Crippen LogP contribution in [0.3, 0.4) is 0 Å². The van der Waals surface area contributed by atoms with Crippen LogP contribution in [0, 0.1) is 11.6 Å². The van der Waals surface area contributed by atoms with Gasteiger partial charge in [0.05, 0.1) is 11.1 Å². The van der Waals surface area contributed by atoms with E-state index in [0.29, 0.717) is 12.1 Å². The van der Waals surface area contributed by atoms with E-state index in [1.165, 1.54) is 0 Å². The molecule has 0 amide bonds. The maximum atomic E-state index is 13.7. The largest absolute Gasteiger partial charge is 0.279 e. The number of H-pyrrole nitrogens is 1. The van der Waals surface area contributed by atoms with Crippen molar-refractivity contribution in [2.24, 2.45) is 5.14 Å². The van der Waals surface area contributed by atoms with Crippen molar-refractivity contribution in [1.82, 2.24) is 10.2 Å². The van der Waals surface area contributed by atoms with E-state index in [4.69, 9.17) is 5.14 Å². The maximum Gasteiger partial charge on any atom is 0.279 e. The molecule has 0 fully saturated rings. The number of primary sulfonamides is 1. The first-order valence-corrected chi connectivity index (χ1v) is 8.18. The normalized spacial score (nSPS) is 12.3. The second-order valence-electron chi connectivity index (χ2n) is 3.83. The lowest BCUT2D eigenvalue weighted by Gasteiger charge is -2.09. The van der Waals surface area contributed by atoms with Crippen molar-refractivity contribution < 1.29 is 25.6 Å². The first-order valence-electron chi connectivity index (χ1n) is 5.15. The molecular formula is C9H8F2N4O4S2. The Morgan fingerprint density at radius 3 is 2.14 bits per heavy atom. The third-order valence-corrected chi connectivity index (χ3v) is 4.52. The maximum absolute atomic E-state index is 13.7. The Kier molecular flexibility index (Phi) is 3.69. The van der Waals surface area contributed by atoms with Gasteiger partial charge in [-0.15, -0.1) is 0 Å². The molecule has 2 rings (SSSR count). The van der Waals surface area contributed by atoms with Gasteiger partial charge in [-0.3, -0.25) is 9.82 Å². The zero-order valence-corrected chi connectivity index (χ0v) is 11.7. The fraction of sp³-hybridized carbons (Fsp3) is 0. The van der Waals surface area contributed by atoms with E-state index in [1.54, 1.807) is 4.72 Å². The third-order valence-electron chi connectivity index (χ3n) is 2.35. The number of aromatic amines is 1. The minimum Gasteiger partial charge on any atom is -0.273 e. The van der Waals surface area contributed by atoms with Crippen LogP contribution in [0.15, 0.2) is 34.3 Å². The summed E-state index contributed by atoms with van der Waals surface area (Å²) in [7, 11) is -8.62. The van der Waals surface area contributed by atoms with Crippen molar-refractivity contribution in [3.05, 3.63) is 36.0 Å². The molecule has 0 aliphatic rings. The van der Waals surface area contributed by atoms with Gasteiger partial charge in [-0.2, -0.15) is 13.5 Å². The second-order valence-corrected chi connectivity index (χ2v) is 7.05. The zero-order valence-electron chi connectivity index (χ0n) is 10.0. The molecule has 0 spiro atoms. The summed E-state index contributed by atoms with van der Waals surface area (Å²) < 4.78 is 74.7. The van der Waals surface area contributed by atoms with E-state index in [-0.39, 0.29) is 0 Å². The molecule has 114 valence electrons. The van der Waals surface area contributed by atoms with Gasteiger partial charge in [-0.05, 0) is 18.2 Å². The number of benzene rings is 1. The zero-order chi connectivity index (χ0) is 15.8. The van der Waals surface area contributed by atoms with Gasteiger partial charge in [0.15, 0.2) is 16.7 Å². The Hall–Kier alpha value is -2.05. The van der Waals surface area contributed by atoms with Gasteiger partial charge in [0.25, 0.3) is 10.0 Å². The summed E-state index contributed by atoms with van der Waals surface area (Å²) in [5.41, 5.74) is -1.03. The lowest BCUT2D eigenvalue weighted by molar-refractivity contribution is 0.570. The Bertz CT molecular complexity index is 855. The van der Waals surface area contributed by atoms with Crippen molar-refractivity contribution >= 4 is 25.7 Å². The summed E-state index contributed by atoms with van der Waals surface area (Å²) in [5, 5.41) is 9.82. The summed E-state index contributed by atoms with van der Waals surface area (Å²) in [6, 6.07) is 1.88. The predicted molar refractivity (Wildman–Crippen MR) is 67.1 cm³/mol. The monoisotopic (exact) mass is 338 g/mol. The summed E-state index contributed by atoms with van der Waals surface area (Å²) in [6.07, 6.45) is 1.13. The van der Waals surface area contributed by atoms with Crippen LogP contribution in [0.1, 0.15) is 0 Å². The number of aromatic nitrogens is 2. The highest BCUT2D eigenvalue weighted by Gasteiger charge is 2.22. The molecular weight excluding hydrogens is 330 g/mol. The molecule has 0 saturated carbocycles. The molecule has 1 heterocycles. The van der Waals surface area contributed by atoms with Crippen LogP contribution < -0.4 is 9.86 Å². The number of sulfonamides is 2. The number of hydrogen-bond acceptors (Lipinski definition) is 5. The van der Waals surface area contributed by atoms with Gasteiger partial charge < -0.3 is 0 Å². The lowest BCUT2D eigenvalue weighted by atomic mass is 10.3. The number of halogens is 2. The minimum absolute atomic E-state index is 0.406. The molecule has 4 N–H and O–H groups in total. The van der Waals surface area contributed by atoms with Gasteiger partial charge >= 0.3 is 0 Å². The summed E-state index contributed by atoms with van der Waals surface area (Å²) in [6.45, 7) is 0. The van der Waals surface area contributed by atoms with Gasteiger partial charge in [-0.1, -0.05) is 0 Å². The van der Waals surface area contributed by atoms with Crippen LogP contribution in [0.25, 0.3) is 0 Å². The van der Waals surface area contributed by atoms with E-state index in [9.17, 15) is 25.6 Å².